The van der Waals surface area contributed by atoms with Gasteiger partial charge in [-0.05, 0) is 0 Å². The first kappa shape index (κ1) is 10.5. The van der Waals surface area contributed by atoms with Gasteiger partial charge in [-0.25, -0.2) is 4.98 Å². The van der Waals surface area contributed by atoms with Crippen molar-refractivity contribution >= 4 is 16.5 Å². The Bertz CT molecular complexity index is 315. The van der Waals surface area contributed by atoms with E-state index in [4.69, 9.17) is 10.5 Å². The van der Waals surface area contributed by atoms with E-state index in [0.717, 1.165) is 5.13 Å². The summed E-state index contributed by atoms with van der Waals surface area (Å²) in [6, 6.07) is 4.18. The number of thiazole rings is 1. The first-order valence-corrected chi connectivity index (χ1v) is 5.15. The van der Waals surface area contributed by atoms with Crippen LogP contribution in [0.3, 0.4) is 0 Å². The quantitative estimate of drug-likeness (QED) is 0.736. The van der Waals surface area contributed by atoms with Gasteiger partial charge in [0.2, 0.25) is 0 Å². The van der Waals surface area contributed by atoms with E-state index in [1.807, 2.05) is 10.3 Å². The second-order valence-corrected chi connectivity index (χ2v) is 3.49. The Morgan fingerprint density at radius 3 is 2.36 bits per heavy atom. The van der Waals surface area contributed by atoms with Crippen molar-refractivity contribution in [3.63, 3.8) is 0 Å². The van der Waals surface area contributed by atoms with Crippen LogP contribution in [-0.2, 0) is 0 Å². The Kier molecular flexibility index (Phi) is 4.46. The SMILES string of the molecule is N#CCCN(CCC#N)c1nccs1. The lowest BCUT2D eigenvalue weighted by Gasteiger charge is -2.18. The third-order valence-corrected chi connectivity index (χ3v) is 2.51. The van der Waals surface area contributed by atoms with Gasteiger partial charge in [0.1, 0.15) is 0 Å². The fourth-order valence-corrected chi connectivity index (χ4v) is 1.74. The molecule has 4 nitrogen and oxygen atoms in total. The number of rotatable bonds is 5. The molecule has 0 aliphatic rings. The van der Waals surface area contributed by atoms with Crippen LogP contribution in [0.25, 0.3) is 0 Å². The van der Waals surface area contributed by atoms with Crippen LogP contribution >= 0.6 is 11.3 Å². The molecular weight excluding hydrogens is 196 g/mol. The molecule has 0 aliphatic carbocycles. The van der Waals surface area contributed by atoms with Crippen LogP contribution in [0, 0.1) is 22.7 Å². The van der Waals surface area contributed by atoms with E-state index >= 15 is 0 Å². The maximum Gasteiger partial charge on any atom is 0.185 e. The summed E-state index contributed by atoms with van der Waals surface area (Å²) in [6.45, 7) is 1.29. The molecule has 0 bridgehead atoms. The predicted molar refractivity (Wildman–Crippen MR) is 54.8 cm³/mol. The minimum atomic E-state index is 0.463. The van der Waals surface area contributed by atoms with Crippen molar-refractivity contribution in [1.82, 2.24) is 4.98 Å². The van der Waals surface area contributed by atoms with Crippen molar-refractivity contribution in [3.05, 3.63) is 11.6 Å². The largest absolute Gasteiger partial charge is 0.346 e. The van der Waals surface area contributed by atoms with Gasteiger partial charge in [-0.3, -0.25) is 0 Å². The summed E-state index contributed by atoms with van der Waals surface area (Å²) in [6.07, 6.45) is 2.65. The summed E-state index contributed by atoms with van der Waals surface area (Å²) in [4.78, 5) is 6.12. The summed E-state index contributed by atoms with van der Waals surface area (Å²) in [5.74, 6) is 0. The summed E-state index contributed by atoms with van der Waals surface area (Å²) >= 11 is 1.53. The number of nitrogens with zero attached hydrogens (tertiary/aromatic N) is 4. The minimum absolute atomic E-state index is 0.463. The van der Waals surface area contributed by atoms with Gasteiger partial charge >= 0.3 is 0 Å². The number of aromatic nitrogens is 1. The second kappa shape index (κ2) is 5.95. The van der Waals surface area contributed by atoms with E-state index in [0.29, 0.717) is 25.9 Å². The number of anilines is 1. The lowest BCUT2D eigenvalue weighted by Crippen LogP contribution is -2.24. The zero-order valence-electron chi connectivity index (χ0n) is 7.68. The Hall–Kier alpha value is -1.59. The van der Waals surface area contributed by atoms with Crippen LogP contribution in [-0.4, -0.2) is 18.1 Å². The Balaban J connectivity index is 2.54. The fraction of sp³-hybridized carbons (Fsp3) is 0.444. The van der Waals surface area contributed by atoms with E-state index < -0.39 is 0 Å². The molecule has 0 amide bonds. The molecule has 0 saturated carbocycles. The molecule has 0 unspecified atom stereocenters. The predicted octanol–water partition coefficient (Wildman–Crippen LogP) is 1.78. The van der Waals surface area contributed by atoms with E-state index in [2.05, 4.69) is 17.1 Å². The molecular formula is C9H10N4S. The second-order valence-electron chi connectivity index (χ2n) is 2.62. The number of nitriles is 2. The average molecular weight is 206 g/mol. The highest BCUT2D eigenvalue weighted by Gasteiger charge is 2.07. The lowest BCUT2D eigenvalue weighted by atomic mass is 10.4. The highest BCUT2D eigenvalue weighted by molar-refractivity contribution is 7.13. The van der Waals surface area contributed by atoms with Gasteiger partial charge in [0.15, 0.2) is 5.13 Å². The molecule has 0 saturated heterocycles. The summed E-state index contributed by atoms with van der Waals surface area (Å²) in [5.41, 5.74) is 0. The average Bonchev–Trinajstić information content (AvgIpc) is 2.71. The summed E-state index contributed by atoms with van der Waals surface area (Å²) < 4.78 is 0. The standard InChI is InChI=1S/C9H10N4S/c10-3-1-6-13(7-2-4-11)9-12-5-8-14-9/h5,8H,1-2,6-7H2. The molecule has 0 aromatic carbocycles. The zero-order valence-corrected chi connectivity index (χ0v) is 8.50. The van der Waals surface area contributed by atoms with Gasteiger partial charge < -0.3 is 4.90 Å². The van der Waals surface area contributed by atoms with E-state index in [1.165, 1.54) is 11.3 Å². The Morgan fingerprint density at radius 2 is 1.93 bits per heavy atom. The van der Waals surface area contributed by atoms with Crippen molar-refractivity contribution in [1.29, 1.82) is 10.5 Å². The molecule has 5 heteroatoms. The Labute approximate surface area is 87.0 Å². The van der Waals surface area contributed by atoms with Crippen molar-refractivity contribution in [2.75, 3.05) is 18.0 Å². The molecule has 1 rings (SSSR count). The molecule has 0 aliphatic heterocycles. The molecule has 0 fully saturated rings. The summed E-state index contributed by atoms with van der Waals surface area (Å²) in [5, 5.41) is 19.7. The lowest BCUT2D eigenvalue weighted by molar-refractivity contribution is 0.792. The van der Waals surface area contributed by atoms with Crippen LogP contribution in [0.5, 0.6) is 0 Å². The molecule has 0 N–H and O–H groups in total. The number of hydrogen-bond donors (Lipinski definition) is 0. The van der Waals surface area contributed by atoms with Gasteiger partial charge in [0.25, 0.3) is 0 Å². The monoisotopic (exact) mass is 206 g/mol. The van der Waals surface area contributed by atoms with Crippen LogP contribution in [0.15, 0.2) is 11.6 Å². The molecule has 0 spiro atoms. The number of hydrogen-bond acceptors (Lipinski definition) is 5. The van der Waals surface area contributed by atoms with Crippen molar-refractivity contribution in [3.8, 4) is 12.1 Å². The Morgan fingerprint density at radius 1 is 1.29 bits per heavy atom. The smallest absolute Gasteiger partial charge is 0.185 e. The highest BCUT2D eigenvalue weighted by Crippen LogP contribution is 2.17. The van der Waals surface area contributed by atoms with Crippen molar-refractivity contribution in [2.24, 2.45) is 0 Å². The molecule has 0 atom stereocenters. The molecule has 1 aromatic heterocycles. The normalized spacial score (nSPS) is 9.00. The molecule has 72 valence electrons. The molecule has 14 heavy (non-hydrogen) atoms. The summed E-state index contributed by atoms with van der Waals surface area (Å²) in [7, 11) is 0. The maximum absolute atomic E-state index is 8.48. The minimum Gasteiger partial charge on any atom is -0.346 e. The molecule has 1 aromatic rings. The van der Waals surface area contributed by atoms with E-state index in [9.17, 15) is 0 Å². The highest BCUT2D eigenvalue weighted by atomic mass is 32.1. The van der Waals surface area contributed by atoms with Gasteiger partial charge in [-0.1, -0.05) is 0 Å². The van der Waals surface area contributed by atoms with Gasteiger partial charge in [0, 0.05) is 24.7 Å². The van der Waals surface area contributed by atoms with Crippen LogP contribution in [0.4, 0.5) is 5.13 Å². The molecule has 1 heterocycles. The third kappa shape index (κ3) is 3.04. The van der Waals surface area contributed by atoms with Crippen molar-refractivity contribution < 1.29 is 0 Å². The van der Waals surface area contributed by atoms with Gasteiger partial charge in [-0.2, -0.15) is 10.5 Å². The maximum atomic E-state index is 8.48. The fourth-order valence-electron chi connectivity index (χ4n) is 1.05. The first-order valence-electron chi connectivity index (χ1n) is 4.27. The van der Waals surface area contributed by atoms with Gasteiger partial charge in [0.05, 0.1) is 25.0 Å². The molecule has 0 radical (unpaired) electrons. The topological polar surface area (TPSA) is 63.7 Å². The zero-order chi connectivity index (χ0) is 10.2. The van der Waals surface area contributed by atoms with Crippen LogP contribution < -0.4 is 4.90 Å². The van der Waals surface area contributed by atoms with Crippen LogP contribution in [0.1, 0.15) is 12.8 Å². The van der Waals surface area contributed by atoms with Gasteiger partial charge in [-0.15, -0.1) is 11.3 Å². The van der Waals surface area contributed by atoms with E-state index in [1.54, 1.807) is 6.20 Å². The van der Waals surface area contributed by atoms with Crippen molar-refractivity contribution in [2.45, 2.75) is 12.8 Å². The van der Waals surface area contributed by atoms with Crippen LogP contribution in [0.2, 0.25) is 0 Å². The third-order valence-electron chi connectivity index (χ3n) is 1.68. The first-order chi connectivity index (χ1) is 6.88. The van der Waals surface area contributed by atoms with E-state index in [-0.39, 0.29) is 0 Å².